The molecule has 1 aliphatic carbocycles. The summed E-state index contributed by atoms with van der Waals surface area (Å²) in [6.45, 7) is 8.50. The van der Waals surface area contributed by atoms with E-state index < -0.39 is 5.60 Å². The molecule has 0 bridgehead atoms. The Balaban J connectivity index is 1.99. The first-order chi connectivity index (χ1) is 9.57. The average molecular weight is 272 g/mol. The van der Waals surface area contributed by atoms with Crippen LogP contribution in [0.5, 0.6) is 0 Å². The predicted molar refractivity (Wildman–Crippen MR) is 81.1 cm³/mol. The highest BCUT2D eigenvalue weighted by Crippen LogP contribution is 2.55. The quantitative estimate of drug-likeness (QED) is 0.621. The van der Waals surface area contributed by atoms with Gasteiger partial charge in [0.1, 0.15) is 12.2 Å². The van der Waals surface area contributed by atoms with Crippen molar-refractivity contribution >= 4 is 0 Å². The van der Waals surface area contributed by atoms with E-state index in [0.717, 1.165) is 31.2 Å². The van der Waals surface area contributed by atoms with E-state index >= 15 is 0 Å². The lowest BCUT2D eigenvalue weighted by molar-refractivity contribution is -0.134. The SMILES string of the molecule is C=C=C(OCc1ccccc1)C1(O)CC(CC)(CC)C1. The Morgan fingerprint density at radius 2 is 1.85 bits per heavy atom. The van der Waals surface area contributed by atoms with Gasteiger partial charge in [-0.25, -0.2) is 0 Å². The van der Waals surface area contributed by atoms with E-state index in [1.165, 1.54) is 0 Å². The molecule has 0 aliphatic heterocycles. The molecule has 0 amide bonds. The third-order valence-corrected chi connectivity index (χ3v) is 4.64. The highest BCUT2D eigenvalue weighted by atomic mass is 16.5. The van der Waals surface area contributed by atoms with Crippen LogP contribution in [0.15, 0.2) is 48.4 Å². The first kappa shape index (κ1) is 14.9. The fourth-order valence-corrected chi connectivity index (χ4v) is 3.18. The number of benzene rings is 1. The van der Waals surface area contributed by atoms with Crippen LogP contribution < -0.4 is 0 Å². The summed E-state index contributed by atoms with van der Waals surface area (Å²) in [6, 6.07) is 9.95. The highest BCUT2D eigenvalue weighted by Gasteiger charge is 2.54. The molecule has 2 rings (SSSR count). The molecule has 0 unspecified atom stereocenters. The van der Waals surface area contributed by atoms with Crippen LogP contribution in [0.1, 0.15) is 45.1 Å². The molecule has 0 saturated heterocycles. The van der Waals surface area contributed by atoms with Crippen molar-refractivity contribution in [2.75, 3.05) is 0 Å². The average Bonchev–Trinajstić information content (AvgIpc) is 2.45. The van der Waals surface area contributed by atoms with Crippen molar-refractivity contribution in [2.45, 2.75) is 51.7 Å². The van der Waals surface area contributed by atoms with E-state index in [1.807, 2.05) is 30.3 Å². The zero-order valence-electron chi connectivity index (χ0n) is 12.5. The van der Waals surface area contributed by atoms with Crippen molar-refractivity contribution in [3.05, 3.63) is 54.0 Å². The van der Waals surface area contributed by atoms with Gasteiger partial charge < -0.3 is 9.84 Å². The Labute approximate surface area is 121 Å². The fraction of sp³-hybridized carbons (Fsp3) is 0.500. The maximum atomic E-state index is 10.7. The van der Waals surface area contributed by atoms with Crippen LogP contribution in [0.4, 0.5) is 0 Å². The maximum Gasteiger partial charge on any atom is 0.170 e. The summed E-state index contributed by atoms with van der Waals surface area (Å²) in [4.78, 5) is 0. The second-order valence-electron chi connectivity index (χ2n) is 5.87. The molecule has 20 heavy (non-hydrogen) atoms. The molecule has 1 N–H and O–H groups in total. The summed E-state index contributed by atoms with van der Waals surface area (Å²) in [5.74, 6) is 0.499. The van der Waals surface area contributed by atoms with Gasteiger partial charge in [-0.3, -0.25) is 0 Å². The zero-order chi connectivity index (χ0) is 14.6. The Morgan fingerprint density at radius 3 is 2.35 bits per heavy atom. The minimum atomic E-state index is -0.872. The van der Waals surface area contributed by atoms with Gasteiger partial charge in [0.05, 0.1) is 0 Å². The molecule has 0 aromatic heterocycles. The maximum absolute atomic E-state index is 10.7. The lowest BCUT2D eigenvalue weighted by atomic mass is 9.56. The fourth-order valence-electron chi connectivity index (χ4n) is 3.18. The summed E-state index contributed by atoms with van der Waals surface area (Å²) >= 11 is 0. The van der Waals surface area contributed by atoms with Crippen LogP contribution in [-0.4, -0.2) is 10.7 Å². The van der Waals surface area contributed by atoms with Crippen molar-refractivity contribution < 1.29 is 9.84 Å². The van der Waals surface area contributed by atoms with Gasteiger partial charge >= 0.3 is 0 Å². The summed E-state index contributed by atoms with van der Waals surface area (Å²) < 4.78 is 5.76. The van der Waals surface area contributed by atoms with Gasteiger partial charge in [0, 0.05) is 0 Å². The summed E-state index contributed by atoms with van der Waals surface area (Å²) in [5, 5.41) is 10.7. The molecule has 1 aliphatic rings. The molecular formula is C18H24O2. The van der Waals surface area contributed by atoms with E-state index in [9.17, 15) is 5.11 Å². The van der Waals surface area contributed by atoms with Crippen molar-refractivity contribution in [3.8, 4) is 0 Å². The van der Waals surface area contributed by atoms with Gasteiger partial charge in [-0.05, 0) is 23.8 Å². The summed E-state index contributed by atoms with van der Waals surface area (Å²) in [7, 11) is 0. The van der Waals surface area contributed by atoms with Crippen LogP contribution in [0.2, 0.25) is 0 Å². The third kappa shape index (κ3) is 2.82. The number of rotatable bonds is 6. The normalized spacial score (nSPS) is 18.8. The summed E-state index contributed by atoms with van der Waals surface area (Å²) in [5.41, 5.74) is 3.26. The number of aliphatic hydroxyl groups is 1. The van der Waals surface area contributed by atoms with E-state index in [0.29, 0.717) is 12.4 Å². The van der Waals surface area contributed by atoms with E-state index in [2.05, 4.69) is 26.2 Å². The minimum absolute atomic E-state index is 0.257. The first-order valence-corrected chi connectivity index (χ1v) is 7.37. The van der Waals surface area contributed by atoms with Crippen LogP contribution in [0.25, 0.3) is 0 Å². The predicted octanol–water partition coefficient (Wildman–Crippen LogP) is 4.20. The van der Waals surface area contributed by atoms with E-state index in [4.69, 9.17) is 4.74 Å². The van der Waals surface area contributed by atoms with Crippen molar-refractivity contribution in [2.24, 2.45) is 5.41 Å². The zero-order valence-corrected chi connectivity index (χ0v) is 12.5. The van der Waals surface area contributed by atoms with Crippen molar-refractivity contribution in [1.29, 1.82) is 0 Å². The second-order valence-corrected chi connectivity index (χ2v) is 5.87. The number of hydrogen-bond donors (Lipinski definition) is 1. The standard InChI is InChI=1S/C18H24O2/c1-4-16(20-12-15-10-8-7-9-11-15)18(19)13-17(5-2,6-3)14-18/h7-11,19H,1,5-6,12-14H2,2-3H3. The molecule has 1 fully saturated rings. The van der Waals surface area contributed by atoms with Gasteiger partial charge in [0.25, 0.3) is 0 Å². The van der Waals surface area contributed by atoms with Gasteiger partial charge in [-0.15, -0.1) is 0 Å². The minimum Gasteiger partial charge on any atom is -0.482 e. The van der Waals surface area contributed by atoms with Crippen LogP contribution in [0, 0.1) is 5.41 Å². The topological polar surface area (TPSA) is 29.5 Å². The molecule has 0 radical (unpaired) electrons. The van der Waals surface area contributed by atoms with E-state index in [-0.39, 0.29) is 5.41 Å². The smallest absolute Gasteiger partial charge is 0.170 e. The molecule has 0 atom stereocenters. The Kier molecular flexibility index (Phi) is 4.37. The first-order valence-electron chi connectivity index (χ1n) is 7.37. The Morgan fingerprint density at radius 1 is 1.25 bits per heavy atom. The monoisotopic (exact) mass is 272 g/mol. The molecule has 1 aromatic carbocycles. The van der Waals surface area contributed by atoms with Crippen molar-refractivity contribution in [3.63, 3.8) is 0 Å². The van der Waals surface area contributed by atoms with Gasteiger partial charge in [-0.1, -0.05) is 69.3 Å². The Hall–Kier alpha value is -1.50. The number of hydrogen-bond acceptors (Lipinski definition) is 2. The molecular weight excluding hydrogens is 248 g/mol. The molecule has 0 heterocycles. The molecule has 1 saturated carbocycles. The van der Waals surface area contributed by atoms with Crippen LogP contribution in [-0.2, 0) is 11.3 Å². The highest BCUT2D eigenvalue weighted by molar-refractivity contribution is 5.20. The lowest BCUT2D eigenvalue weighted by Crippen LogP contribution is -2.53. The second kappa shape index (κ2) is 5.87. The van der Waals surface area contributed by atoms with Gasteiger partial charge in [0.15, 0.2) is 5.76 Å². The van der Waals surface area contributed by atoms with Gasteiger partial charge in [-0.2, -0.15) is 0 Å². The molecule has 0 spiro atoms. The Bertz CT molecular complexity index is 485. The largest absolute Gasteiger partial charge is 0.482 e. The number of ether oxygens (including phenoxy) is 1. The molecule has 108 valence electrons. The van der Waals surface area contributed by atoms with Crippen LogP contribution >= 0.6 is 0 Å². The molecule has 1 aromatic rings. The molecule has 2 heteroatoms. The third-order valence-electron chi connectivity index (χ3n) is 4.64. The van der Waals surface area contributed by atoms with E-state index in [1.54, 1.807) is 0 Å². The molecule has 2 nitrogen and oxygen atoms in total. The lowest BCUT2D eigenvalue weighted by Gasteiger charge is -2.52. The van der Waals surface area contributed by atoms with Crippen LogP contribution in [0.3, 0.4) is 0 Å². The summed E-state index contributed by atoms with van der Waals surface area (Å²) in [6.07, 6.45) is 3.68. The van der Waals surface area contributed by atoms with Gasteiger partial charge in [0.2, 0.25) is 0 Å². The van der Waals surface area contributed by atoms with Crippen molar-refractivity contribution in [1.82, 2.24) is 0 Å².